The fraction of sp³-hybridized carbons (Fsp3) is 0.429. The first-order chi connectivity index (χ1) is 10.7. The lowest BCUT2D eigenvalue weighted by molar-refractivity contribution is 0.129. The maximum atomic E-state index is 6.00. The molecule has 118 valence electrons. The first-order valence-corrected chi connectivity index (χ1v) is 8.56. The summed E-state index contributed by atoms with van der Waals surface area (Å²) in [6.45, 7) is 6.57. The largest absolute Gasteiger partial charge is 0.498 e. The molecule has 22 heavy (non-hydrogen) atoms. The highest BCUT2D eigenvalue weighted by Gasteiger charge is 2.06. The van der Waals surface area contributed by atoms with E-state index in [1.165, 1.54) is 41.2 Å². The zero-order valence-electron chi connectivity index (χ0n) is 14.1. The Hall–Kier alpha value is -1.76. The highest BCUT2D eigenvalue weighted by Crippen LogP contribution is 2.22. The molecular formula is C21H28O. The van der Waals surface area contributed by atoms with Gasteiger partial charge in [-0.15, -0.1) is 0 Å². The van der Waals surface area contributed by atoms with Crippen LogP contribution in [0.5, 0.6) is 0 Å². The van der Waals surface area contributed by atoms with Gasteiger partial charge in [-0.05, 0) is 54.2 Å². The molecule has 0 spiro atoms. The van der Waals surface area contributed by atoms with Crippen LogP contribution < -0.4 is 0 Å². The first kappa shape index (κ1) is 16.6. The molecule has 0 saturated heterocycles. The van der Waals surface area contributed by atoms with Gasteiger partial charge in [0.2, 0.25) is 0 Å². The summed E-state index contributed by atoms with van der Waals surface area (Å²) < 4.78 is 6.00. The molecule has 0 radical (unpaired) electrons. The smallest absolute Gasteiger partial charge is 0.0976 e. The van der Waals surface area contributed by atoms with Crippen LogP contribution in [0, 0.1) is 0 Å². The second-order valence-corrected chi connectivity index (χ2v) is 6.02. The van der Waals surface area contributed by atoms with Crippen LogP contribution in [0.15, 0.2) is 48.7 Å². The predicted octanol–water partition coefficient (Wildman–Crippen LogP) is 6.58. The van der Waals surface area contributed by atoms with Crippen molar-refractivity contribution in [2.75, 3.05) is 0 Å². The Bertz CT molecular complexity index is 612. The monoisotopic (exact) mass is 296 g/mol. The van der Waals surface area contributed by atoms with Gasteiger partial charge in [0.25, 0.3) is 0 Å². The van der Waals surface area contributed by atoms with Crippen LogP contribution >= 0.6 is 0 Å². The van der Waals surface area contributed by atoms with Gasteiger partial charge < -0.3 is 4.74 Å². The van der Waals surface area contributed by atoms with Gasteiger partial charge in [0.1, 0.15) is 0 Å². The van der Waals surface area contributed by atoms with Crippen molar-refractivity contribution in [3.05, 3.63) is 54.3 Å². The van der Waals surface area contributed by atoms with Crippen LogP contribution in [0.25, 0.3) is 16.3 Å². The number of benzene rings is 2. The average molecular weight is 296 g/mol. The maximum Gasteiger partial charge on any atom is 0.0976 e. The third-order valence-electron chi connectivity index (χ3n) is 4.23. The quantitative estimate of drug-likeness (QED) is 0.395. The van der Waals surface area contributed by atoms with Gasteiger partial charge >= 0.3 is 0 Å². The summed E-state index contributed by atoms with van der Waals surface area (Å²) >= 11 is 0. The zero-order chi connectivity index (χ0) is 15.8. The summed E-state index contributed by atoms with van der Waals surface area (Å²) in [5, 5.41) is 2.56. The molecule has 1 nitrogen and oxygen atoms in total. The summed E-state index contributed by atoms with van der Waals surface area (Å²) in [4.78, 5) is 0. The molecule has 0 heterocycles. The SMILES string of the molecule is CCCCCC(CC)O/C=C(\C)c1ccc2ccccc2c1. The highest BCUT2D eigenvalue weighted by atomic mass is 16.5. The van der Waals surface area contributed by atoms with E-state index < -0.39 is 0 Å². The summed E-state index contributed by atoms with van der Waals surface area (Å²) in [5.74, 6) is 0. The Kier molecular flexibility index (Phi) is 6.51. The van der Waals surface area contributed by atoms with Crippen LogP contribution in [0.3, 0.4) is 0 Å². The van der Waals surface area contributed by atoms with Crippen molar-refractivity contribution in [3.63, 3.8) is 0 Å². The molecule has 0 aliphatic rings. The highest BCUT2D eigenvalue weighted by molar-refractivity contribution is 5.85. The number of hydrogen-bond donors (Lipinski definition) is 0. The minimum absolute atomic E-state index is 0.349. The number of allylic oxidation sites excluding steroid dienone is 1. The predicted molar refractivity (Wildman–Crippen MR) is 96.9 cm³/mol. The topological polar surface area (TPSA) is 9.23 Å². The van der Waals surface area contributed by atoms with Crippen LogP contribution in [0.4, 0.5) is 0 Å². The molecule has 1 unspecified atom stereocenters. The minimum Gasteiger partial charge on any atom is -0.498 e. The molecular weight excluding hydrogens is 268 g/mol. The molecule has 0 fully saturated rings. The van der Waals surface area contributed by atoms with E-state index >= 15 is 0 Å². The number of fused-ring (bicyclic) bond motifs is 1. The third kappa shape index (κ3) is 4.62. The number of ether oxygens (including phenoxy) is 1. The lowest BCUT2D eigenvalue weighted by Crippen LogP contribution is -2.08. The Balaban J connectivity index is 2.03. The van der Waals surface area contributed by atoms with E-state index in [9.17, 15) is 0 Å². The summed E-state index contributed by atoms with van der Waals surface area (Å²) in [5.41, 5.74) is 2.43. The molecule has 2 aromatic carbocycles. The number of unbranched alkanes of at least 4 members (excludes halogenated alkanes) is 2. The number of rotatable bonds is 8. The van der Waals surface area contributed by atoms with Gasteiger partial charge in [-0.1, -0.05) is 63.1 Å². The maximum absolute atomic E-state index is 6.00. The molecule has 0 aromatic heterocycles. The molecule has 0 aliphatic heterocycles. The van der Waals surface area contributed by atoms with Crippen molar-refractivity contribution in [3.8, 4) is 0 Å². The van der Waals surface area contributed by atoms with E-state index in [1.807, 2.05) is 6.26 Å². The second-order valence-electron chi connectivity index (χ2n) is 6.02. The van der Waals surface area contributed by atoms with Crippen molar-refractivity contribution in [1.82, 2.24) is 0 Å². The van der Waals surface area contributed by atoms with Crippen molar-refractivity contribution in [2.45, 2.75) is 59.0 Å². The average Bonchev–Trinajstić information content (AvgIpc) is 2.57. The van der Waals surface area contributed by atoms with Crippen LogP contribution in [-0.2, 0) is 4.74 Å². The molecule has 0 bridgehead atoms. The molecule has 0 N–H and O–H groups in total. The fourth-order valence-electron chi connectivity index (χ4n) is 2.69. The lowest BCUT2D eigenvalue weighted by Gasteiger charge is -2.15. The summed E-state index contributed by atoms with van der Waals surface area (Å²) in [6, 6.07) is 15.1. The van der Waals surface area contributed by atoms with E-state index in [1.54, 1.807) is 0 Å². The molecule has 0 saturated carbocycles. The Morgan fingerprint density at radius 2 is 1.82 bits per heavy atom. The zero-order valence-corrected chi connectivity index (χ0v) is 14.1. The molecule has 2 aromatic rings. The van der Waals surface area contributed by atoms with E-state index in [0.717, 1.165) is 12.8 Å². The fourth-order valence-corrected chi connectivity index (χ4v) is 2.69. The Labute approximate surface area is 135 Å². The van der Waals surface area contributed by atoms with E-state index in [0.29, 0.717) is 6.10 Å². The minimum atomic E-state index is 0.349. The van der Waals surface area contributed by atoms with Crippen molar-refractivity contribution in [2.24, 2.45) is 0 Å². The van der Waals surface area contributed by atoms with Crippen molar-refractivity contribution < 1.29 is 4.74 Å². The molecule has 1 atom stereocenters. The normalized spacial score (nSPS) is 13.3. The lowest BCUT2D eigenvalue weighted by atomic mass is 10.0. The van der Waals surface area contributed by atoms with Gasteiger partial charge in [-0.2, -0.15) is 0 Å². The Morgan fingerprint density at radius 1 is 1.05 bits per heavy atom. The summed E-state index contributed by atoms with van der Waals surface area (Å²) in [6.07, 6.45) is 8.36. The standard InChI is InChI=1S/C21H28O/c1-4-6-7-12-21(5-2)22-16-17(3)19-14-13-18-10-8-9-11-20(18)15-19/h8-11,13-16,21H,4-7,12H2,1-3H3/b17-16+. The summed E-state index contributed by atoms with van der Waals surface area (Å²) in [7, 11) is 0. The molecule has 2 rings (SSSR count). The van der Waals surface area contributed by atoms with Crippen LogP contribution in [0.2, 0.25) is 0 Å². The van der Waals surface area contributed by atoms with Crippen molar-refractivity contribution >= 4 is 16.3 Å². The third-order valence-corrected chi connectivity index (χ3v) is 4.23. The Morgan fingerprint density at radius 3 is 2.55 bits per heavy atom. The molecule has 1 heteroatoms. The van der Waals surface area contributed by atoms with Crippen molar-refractivity contribution in [1.29, 1.82) is 0 Å². The van der Waals surface area contributed by atoms with Gasteiger partial charge in [0.15, 0.2) is 0 Å². The van der Waals surface area contributed by atoms with Crippen LogP contribution in [-0.4, -0.2) is 6.10 Å². The molecule has 0 aliphatic carbocycles. The second kappa shape index (κ2) is 8.63. The molecule has 0 amide bonds. The first-order valence-electron chi connectivity index (χ1n) is 8.56. The van der Waals surface area contributed by atoms with Gasteiger partial charge in [0, 0.05) is 0 Å². The van der Waals surface area contributed by atoms with E-state index in [2.05, 4.69) is 63.2 Å². The van der Waals surface area contributed by atoms with Gasteiger partial charge in [0.05, 0.1) is 12.4 Å². The number of hydrogen-bond acceptors (Lipinski definition) is 1. The van der Waals surface area contributed by atoms with E-state index in [4.69, 9.17) is 4.74 Å². The van der Waals surface area contributed by atoms with E-state index in [-0.39, 0.29) is 0 Å². The van der Waals surface area contributed by atoms with Crippen LogP contribution in [0.1, 0.15) is 58.4 Å². The van der Waals surface area contributed by atoms with Gasteiger partial charge in [-0.3, -0.25) is 0 Å². The van der Waals surface area contributed by atoms with Gasteiger partial charge in [-0.25, -0.2) is 0 Å².